The maximum absolute atomic E-state index is 10.3. The molecule has 0 aliphatic carbocycles. The van der Waals surface area contributed by atoms with Gasteiger partial charge in [0.25, 0.3) is 0 Å². The monoisotopic (exact) mass is 349 g/mol. The number of rotatable bonds is 6. The quantitative estimate of drug-likeness (QED) is 0.870. The lowest BCUT2D eigenvalue weighted by atomic mass is 10.1. The summed E-state index contributed by atoms with van der Waals surface area (Å²) < 4.78 is 7.89. The van der Waals surface area contributed by atoms with E-state index in [0.29, 0.717) is 18.2 Å². The Morgan fingerprint density at radius 1 is 1.33 bits per heavy atom. The van der Waals surface area contributed by atoms with Gasteiger partial charge < -0.3 is 14.4 Å². The van der Waals surface area contributed by atoms with E-state index in [1.54, 1.807) is 0 Å². The van der Waals surface area contributed by atoms with Gasteiger partial charge in [0.1, 0.15) is 0 Å². The summed E-state index contributed by atoms with van der Waals surface area (Å²) in [4.78, 5) is 6.66. The second-order valence-electron chi connectivity index (χ2n) is 6.41. The molecule has 0 saturated carbocycles. The molecule has 1 aromatic heterocycles. The number of hydrogen-bond donors (Lipinski definition) is 1. The van der Waals surface area contributed by atoms with Crippen molar-refractivity contribution in [1.29, 1.82) is 0 Å². The number of β-amino-alcohol motifs (C(OH)–C–C–N with tert-alkyl or cyclic N) is 1. The minimum Gasteiger partial charge on any atom is -0.389 e. The molecule has 0 unspecified atom stereocenters. The van der Waals surface area contributed by atoms with Gasteiger partial charge in [-0.3, -0.25) is 4.90 Å². The number of aliphatic hydroxyl groups excluding tert-OH is 1. The van der Waals surface area contributed by atoms with Crippen LogP contribution in [-0.4, -0.2) is 45.4 Å². The van der Waals surface area contributed by atoms with Gasteiger partial charge in [0.15, 0.2) is 0 Å². The summed E-state index contributed by atoms with van der Waals surface area (Å²) in [5.41, 5.74) is 3.47. The SMILES string of the molecule is C[C@H](OC[C@H](O)CN1CCc2c(ncn2C)C1)c1ccc(Cl)cc1. The zero-order valence-electron chi connectivity index (χ0n) is 14.2. The molecule has 1 N–H and O–H groups in total. The number of fused-ring (bicyclic) bond motifs is 1. The molecule has 5 nitrogen and oxygen atoms in total. The molecule has 1 aliphatic heterocycles. The van der Waals surface area contributed by atoms with Crippen LogP contribution < -0.4 is 0 Å². The minimum atomic E-state index is -0.509. The number of nitrogens with zero attached hydrogens (tertiary/aromatic N) is 3. The average molecular weight is 350 g/mol. The van der Waals surface area contributed by atoms with E-state index in [1.165, 1.54) is 5.69 Å². The second kappa shape index (κ2) is 7.66. The van der Waals surface area contributed by atoms with Gasteiger partial charge in [0.05, 0.1) is 30.8 Å². The molecule has 6 heteroatoms. The first kappa shape index (κ1) is 17.4. The third-order valence-corrected chi connectivity index (χ3v) is 4.78. The fourth-order valence-electron chi connectivity index (χ4n) is 3.10. The highest BCUT2D eigenvalue weighted by atomic mass is 35.5. The zero-order chi connectivity index (χ0) is 17.1. The molecule has 0 saturated heterocycles. The van der Waals surface area contributed by atoms with E-state index in [1.807, 2.05) is 44.6 Å². The van der Waals surface area contributed by atoms with Crippen molar-refractivity contribution in [3.05, 3.63) is 52.6 Å². The van der Waals surface area contributed by atoms with Gasteiger partial charge >= 0.3 is 0 Å². The van der Waals surface area contributed by atoms with Gasteiger partial charge in [-0.15, -0.1) is 0 Å². The number of aryl methyl sites for hydroxylation is 1. The van der Waals surface area contributed by atoms with Crippen LogP contribution in [0.3, 0.4) is 0 Å². The van der Waals surface area contributed by atoms with Gasteiger partial charge in [0, 0.05) is 43.8 Å². The van der Waals surface area contributed by atoms with Crippen molar-refractivity contribution in [1.82, 2.24) is 14.5 Å². The van der Waals surface area contributed by atoms with E-state index in [4.69, 9.17) is 16.3 Å². The van der Waals surface area contributed by atoms with Gasteiger partial charge in [-0.25, -0.2) is 4.98 Å². The molecule has 0 bridgehead atoms. The van der Waals surface area contributed by atoms with Crippen LogP contribution in [0, 0.1) is 0 Å². The van der Waals surface area contributed by atoms with Crippen molar-refractivity contribution in [2.75, 3.05) is 19.7 Å². The van der Waals surface area contributed by atoms with Gasteiger partial charge in [0.2, 0.25) is 0 Å². The predicted octanol–water partition coefficient (Wildman–Crippen LogP) is 2.57. The van der Waals surface area contributed by atoms with E-state index in [0.717, 1.165) is 30.8 Å². The fourth-order valence-corrected chi connectivity index (χ4v) is 3.23. The van der Waals surface area contributed by atoms with E-state index in [2.05, 4.69) is 14.5 Å². The number of ether oxygens (including phenoxy) is 1. The zero-order valence-corrected chi connectivity index (χ0v) is 14.9. The molecule has 0 spiro atoms. The molecular formula is C18H24ClN3O2. The Morgan fingerprint density at radius 3 is 2.83 bits per heavy atom. The first-order chi connectivity index (χ1) is 11.5. The molecule has 2 aromatic rings. The largest absolute Gasteiger partial charge is 0.389 e. The Labute approximate surface area is 147 Å². The number of imidazole rings is 1. The lowest BCUT2D eigenvalue weighted by molar-refractivity contribution is -0.0174. The maximum atomic E-state index is 10.3. The topological polar surface area (TPSA) is 50.5 Å². The molecular weight excluding hydrogens is 326 g/mol. The highest BCUT2D eigenvalue weighted by Gasteiger charge is 2.22. The lowest BCUT2D eigenvalue weighted by Gasteiger charge is -2.28. The molecule has 0 radical (unpaired) electrons. The minimum absolute atomic E-state index is 0.0688. The van der Waals surface area contributed by atoms with Gasteiger partial charge in [-0.2, -0.15) is 0 Å². The molecule has 3 rings (SSSR count). The molecule has 24 heavy (non-hydrogen) atoms. The van der Waals surface area contributed by atoms with Crippen molar-refractivity contribution in [3.8, 4) is 0 Å². The van der Waals surface area contributed by atoms with Crippen molar-refractivity contribution < 1.29 is 9.84 Å². The summed E-state index contributed by atoms with van der Waals surface area (Å²) in [6.07, 6.45) is 2.26. The van der Waals surface area contributed by atoms with Crippen LogP contribution in [0.4, 0.5) is 0 Å². The van der Waals surface area contributed by atoms with Crippen LogP contribution in [0.5, 0.6) is 0 Å². The molecule has 2 atom stereocenters. The second-order valence-corrected chi connectivity index (χ2v) is 6.85. The first-order valence-electron chi connectivity index (χ1n) is 8.29. The summed E-state index contributed by atoms with van der Waals surface area (Å²) >= 11 is 5.90. The lowest BCUT2D eigenvalue weighted by Crippen LogP contribution is -2.38. The Morgan fingerprint density at radius 2 is 2.08 bits per heavy atom. The normalized spacial score (nSPS) is 17.5. The van der Waals surface area contributed by atoms with E-state index < -0.39 is 6.10 Å². The molecule has 130 valence electrons. The fraction of sp³-hybridized carbons (Fsp3) is 0.500. The van der Waals surface area contributed by atoms with E-state index in [9.17, 15) is 5.11 Å². The number of halogens is 1. The smallest absolute Gasteiger partial charge is 0.0949 e. The maximum Gasteiger partial charge on any atom is 0.0949 e. The Balaban J connectivity index is 1.46. The standard InChI is InChI=1S/C18H24ClN3O2/c1-13(14-3-5-15(19)6-4-14)24-11-16(23)9-22-8-7-18-17(10-22)20-12-21(18)2/h3-6,12-13,16,23H,7-11H2,1-2H3/t13-,16+/m0/s1. The third-order valence-electron chi connectivity index (χ3n) is 4.53. The number of aliphatic hydroxyl groups is 1. The summed E-state index contributed by atoms with van der Waals surface area (Å²) in [6, 6.07) is 7.61. The van der Waals surface area contributed by atoms with Crippen LogP contribution in [0.25, 0.3) is 0 Å². The molecule has 1 aliphatic rings. The highest BCUT2D eigenvalue weighted by Crippen LogP contribution is 2.20. The van der Waals surface area contributed by atoms with E-state index in [-0.39, 0.29) is 6.10 Å². The summed E-state index contributed by atoms with van der Waals surface area (Å²) in [7, 11) is 2.03. The number of aromatic nitrogens is 2. The summed E-state index contributed by atoms with van der Waals surface area (Å²) in [5.74, 6) is 0. The van der Waals surface area contributed by atoms with Crippen molar-refractivity contribution in [2.24, 2.45) is 7.05 Å². The van der Waals surface area contributed by atoms with Crippen molar-refractivity contribution in [3.63, 3.8) is 0 Å². The van der Waals surface area contributed by atoms with Crippen LogP contribution >= 0.6 is 11.6 Å². The molecule has 2 heterocycles. The molecule has 1 aromatic carbocycles. The number of hydrogen-bond acceptors (Lipinski definition) is 4. The van der Waals surface area contributed by atoms with E-state index >= 15 is 0 Å². The van der Waals surface area contributed by atoms with Gasteiger partial charge in [-0.05, 0) is 24.6 Å². The third kappa shape index (κ3) is 4.16. The van der Waals surface area contributed by atoms with Crippen LogP contribution in [-0.2, 0) is 24.8 Å². The first-order valence-corrected chi connectivity index (χ1v) is 8.67. The predicted molar refractivity (Wildman–Crippen MR) is 94.0 cm³/mol. The van der Waals surface area contributed by atoms with Crippen LogP contribution in [0.1, 0.15) is 30.0 Å². The molecule has 0 amide bonds. The number of benzene rings is 1. The summed E-state index contributed by atoms with van der Waals surface area (Å²) in [6.45, 7) is 4.63. The van der Waals surface area contributed by atoms with Crippen LogP contribution in [0.15, 0.2) is 30.6 Å². The average Bonchev–Trinajstić information content (AvgIpc) is 2.94. The highest BCUT2D eigenvalue weighted by molar-refractivity contribution is 6.30. The summed E-state index contributed by atoms with van der Waals surface area (Å²) in [5, 5.41) is 11.0. The Hall–Kier alpha value is -1.40. The van der Waals surface area contributed by atoms with Gasteiger partial charge in [-0.1, -0.05) is 23.7 Å². The Bertz CT molecular complexity index is 671. The Kier molecular flexibility index (Phi) is 5.56. The van der Waals surface area contributed by atoms with Crippen molar-refractivity contribution in [2.45, 2.75) is 32.1 Å². The van der Waals surface area contributed by atoms with Crippen LogP contribution in [0.2, 0.25) is 5.02 Å². The van der Waals surface area contributed by atoms with Crippen molar-refractivity contribution >= 4 is 11.6 Å². The molecule has 0 fully saturated rings.